The third kappa shape index (κ3) is 7.33. The van der Waals surface area contributed by atoms with Crippen LogP contribution in [0.3, 0.4) is 0 Å². The summed E-state index contributed by atoms with van der Waals surface area (Å²) >= 11 is 0. The molecule has 15 heteroatoms. The van der Waals surface area contributed by atoms with Crippen LogP contribution in [-0.4, -0.2) is 75.3 Å². The smallest absolute Gasteiger partial charge is 0.362 e. The van der Waals surface area contributed by atoms with Crippen molar-refractivity contribution in [3.63, 3.8) is 0 Å². The van der Waals surface area contributed by atoms with Gasteiger partial charge in [0.1, 0.15) is 35.1 Å². The molecule has 0 spiro atoms. The number of rotatable bonds is 14. The minimum Gasteiger partial charge on any atom is -0.497 e. The lowest BCUT2D eigenvalue weighted by molar-refractivity contribution is -0.105. The van der Waals surface area contributed by atoms with E-state index in [9.17, 15) is 29.0 Å². The van der Waals surface area contributed by atoms with Crippen LogP contribution >= 0.6 is 7.60 Å². The molecule has 1 amide bonds. The van der Waals surface area contributed by atoms with E-state index in [-0.39, 0.29) is 12.4 Å². The van der Waals surface area contributed by atoms with Gasteiger partial charge < -0.3 is 43.9 Å². The van der Waals surface area contributed by atoms with E-state index in [1.165, 1.54) is 12.3 Å². The van der Waals surface area contributed by atoms with Gasteiger partial charge in [-0.15, -0.1) is 0 Å². The van der Waals surface area contributed by atoms with Crippen molar-refractivity contribution in [2.24, 2.45) is 0 Å². The molecule has 1 fully saturated rings. The van der Waals surface area contributed by atoms with Crippen LogP contribution in [0.2, 0.25) is 0 Å². The predicted octanol–water partition coefficient (Wildman–Crippen LogP) is 4.69. The molecule has 14 nitrogen and oxygen atoms in total. The minimum atomic E-state index is -5.52. The maximum Gasteiger partial charge on any atom is 0.362 e. The first-order chi connectivity index (χ1) is 26.0. The van der Waals surface area contributed by atoms with Crippen LogP contribution in [0.25, 0.3) is 0 Å². The van der Waals surface area contributed by atoms with Gasteiger partial charge in [-0.3, -0.25) is 13.9 Å². The highest BCUT2D eigenvalue weighted by atomic mass is 31.2. The molecule has 1 aliphatic heterocycles. The summed E-state index contributed by atoms with van der Waals surface area (Å²) in [6.45, 7) is 0.847. The molecule has 4 atom stereocenters. The van der Waals surface area contributed by atoms with Crippen LogP contribution in [0.4, 0.5) is 5.82 Å². The molecule has 0 radical (unpaired) electrons. The number of hydrogen-bond donors (Lipinski definition) is 4. The van der Waals surface area contributed by atoms with E-state index in [4.69, 9.17) is 23.7 Å². The van der Waals surface area contributed by atoms with E-state index >= 15 is 0 Å². The minimum absolute atomic E-state index is 0.0761. The monoisotopic (exact) mass is 757 g/mol. The van der Waals surface area contributed by atoms with E-state index in [2.05, 4.69) is 10.3 Å². The van der Waals surface area contributed by atoms with Crippen LogP contribution in [0.1, 0.15) is 40.2 Å². The number of anilines is 1. The van der Waals surface area contributed by atoms with Crippen molar-refractivity contribution in [3.8, 4) is 11.5 Å². The lowest BCUT2D eigenvalue weighted by Gasteiger charge is -2.39. The largest absolute Gasteiger partial charge is 0.497 e. The molecule has 1 saturated heterocycles. The number of methoxy groups -OCH3 is 2. The molecule has 2 unspecified atom stereocenters. The van der Waals surface area contributed by atoms with Crippen molar-refractivity contribution in [1.29, 1.82) is 0 Å². The molecule has 0 aliphatic carbocycles. The normalized spacial score (nSPS) is 20.0. The van der Waals surface area contributed by atoms with Gasteiger partial charge in [-0.05, 0) is 66.1 Å². The third-order valence-electron chi connectivity index (χ3n) is 9.27. The molecule has 282 valence electrons. The Bertz CT molecular complexity index is 2100. The number of aromatic nitrogens is 2. The topological polar surface area (TPSA) is 188 Å². The van der Waals surface area contributed by atoms with E-state index in [1.807, 2.05) is 30.3 Å². The maximum atomic E-state index is 13.5. The molecular weight excluding hydrogens is 717 g/mol. The Morgan fingerprint density at radius 1 is 0.870 bits per heavy atom. The first-order valence-electron chi connectivity index (χ1n) is 17.0. The first kappa shape index (κ1) is 38.5. The van der Waals surface area contributed by atoms with Crippen LogP contribution < -0.4 is 20.5 Å². The second-order valence-electron chi connectivity index (χ2n) is 12.4. The summed E-state index contributed by atoms with van der Waals surface area (Å²) in [5, 5.41) is 11.7. The number of nitrogens with one attached hydrogen (secondary N) is 1. The molecule has 4 N–H and O–H groups in total. The number of nitrogens with zero attached hydrogens (tertiary/aromatic N) is 2. The predicted molar refractivity (Wildman–Crippen MR) is 197 cm³/mol. The molecule has 2 heterocycles. The highest BCUT2D eigenvalue weighted by Crippen LogP contribution is 2.60. The van der Waals surface area contributed by atoms with Crippen molar-refractivity contribution >= 4 is 19.3 Å². The van der Waals surface area contributed by atoms with Crippen LogP contribution in [0, 0.1) is 0 Å². The van der Waals surface area contributed by atoms with E-state index in [0.717, 1.165) is 4.57 Å². The van der Waals surface area contributed by atoms with Crippen LogP contribution in [0.15, 0.2) is 126 Å². The van der Waals surface area contributed by atoms with E-state index in [0.29, 0.717) is 33.8 Å². The van der Waals surface area contributed by atoms with Gasteiger partial charge in [0.25, 0.3) is 5.91 Å². The zero-order valence-electron chi connectivity index (χ0n) is 29.6. The Balaban J connectivity index is 1.42. The van der Waals surface area contributed by atoms with Crippen molar-refractivity contribution in [2.45, 2.75) is 36.3 Å². The number of amides is 1. The average Bonchev–Trinajstić information content (AvgIpc) is 3.48. The number of ether oxygens (including phenoxy) is 5. The highest BCUT2D eigenvalue weighted by molar-refractivity contribution is 7.53. The Hall–Kier alpha value is -5.18. The SMILES string of the molecule is CCOC1[C@H](n2ccc(NC(=O)c3ccccc3)nc2=O)O[C@H](COC(c2ccccc2)(c2ccc(OC)cc2)c2ccc(OC)cc2)C1(O)P(=O)(O)O. The van der Waals surface area contributed by atoms with Gasteiger partial charge in [-0.2, -0.15) is 4.98 Å². The molecule has 0 saturated carbocycles. The number of hydrogen-bond acceptors (Lipinski definition) is 10. The highest BCUT2D eigenvalue weighted by Gasteiger charge is 2.67. The molecule has 4 aromatic carbocycles. The summed E-state index contributed by atoms with van der Waals surface area (Å²) in [6.07, 6.45) is -3.87. The summed E-state index contributed by atoms with van der Waals surface area (Å²) < 4.78 is 43.9. The summed E-state index contributed by atoms with van der Waals surface area (Å²) in [6, 6.07) is 33.0. The summed E-state index contributed by atoms with van der Waals surface area (Å²) in [5.74, 6) is 0.580. The summed E-state index contributed by atoms with van der Waals surface area (Å²) in [5.41, 5.74) is -0.184. The fraction of sp³-hybridized carbons (Fsp3) is 0.256. The Morgan fingerprint density at radius 3 is 1.91 bits per heavy atom. The second-order valence-corrected chi connectivity index (χ2v) is 14.2. The fourth-order valence-corrected chi connectivity index (χ4v) is 7.62. The first-order valence-corrected chi connectivity index (χ1v) is 18.6. The Labute approximate surface area is 311 Å². The number of carbonyl (C=O) groups is 1. The summed E-state index contributed by atoms with van der Waals surface area (Å²) in [7, 11) is -2.44. The number of benzene rings is 4. The van der Waals surface area contributed by atoms with Crippen LogP contribution in [0.5, 0.6) is 11.5 Å². The van der Waals surface area contributed by atoms with Crippen molar-refractivity contribution in [3.05, 3.63) is 154 Å². The van der Waals surface area contributed by atoms with Crippen molar-refractivity contribution in [2.75, 3.05) is 32.8 Å². The molecular formula is C39H40N3O11P. The zero-order chi connectivity index (χ0) is 38.5. The van der Waals surface area contributed by atoms with Crippen molar-refractivity contribution < 1.29 is 47.9 Å². The Morgan fingerprint density at radius 2 is 1.41 bits per heavy atom. The van der Waals surface area contributed by atoms with Gasteiger partial charge in [0.15, 0.2) is 6.23 Å². The average molecular weight is 758 g/mol. The van der Waals surface area contributed by atoms with Crippen LogP contribution in [-0.2, 0) is 24.4 Å². The number of carbonyl (C=O) groups excluding carboxylic acids is 1. The van der Waals surface area contributed by atoms with Gasteiger partial charge in [-0.1, -0.05) is 72.8 Å². The standard InChI is InChI=1S/C39H40N3O11P/c1-4-51-34-36(42-24-23-33(41-37(42)44)40-35(43)26-11-7-5-8-12-26)53-32(39(34,45)54(46,47)48)25-52-38(27-13-9-6-10-14-27,28-15-19-30(49-2)20-16-28)29-17-21-31(50-3)22-18-29/h5-24,32,34,36,45H,4,25H2,1-3H3,(H2,46,47,48)(H,40,41,43,44)/t32-,34?,36-,39?/m1/s1. The molecule has 54 heavy (non-hydrogen) atoms. The molecule has 5 aromatic rings. The van der Waals surface area contributed by atoms with Gasteiger partial charge in [0.2, 0.25) is 5.34 Å². The molecule has 1 aliphatic rings. The zero-order valence-corrected chi connectivity index (χ0v) is 30.5. The lowest BCUT2D eigenvalue weighted by Crippen LogP contribution is -2.51. The molecule has 1 aromatic heterocycles. The van der Waals surface area contributed by atoms with E-state index in [1.54, 1.807) is 100 Å². The third-order valence-corrected chi connectivity index (χ3v) is 10.8. The molecule has 0 bridgehead atoms. The molecule has 6 rings (SSSR count). The maximum absolute atomic E-state index is 13.5. The lowest BCUT2D eigenvalue weighted by atomic mass is 9.80. The summed E-state index contributed by atoms with van der Waals surface area (Å²) in [4.78, 5) is 51.7. The van der Waals surface area contributed by atoms with Crippen molar-refractivity contribution in [1.82, 2.24) is 9.55 Å². The Kier molecular flexibility index (Phi) is 11.5. The van der Waals surface area contributed by atoms with Gasteiger partial charge >= 0.3 is 13.3 Å². The van der Waals surface area contributed by atoms with Gasteiger partial charge in [-0.25, -0.2) is 4.79 Å². The van der Waals surface area contributed by atoms with Gasteiger partial charge in [0, 0.05) is 18.4 Å². The van der Waals surface area contributed by atoms with E-state index < -0.39 is 55.2 Å². The fourth-order valence-electron chi connectivity index (χ4n) is 6.57. The number of aliphatic hydroxyl groups is 1. The quantitative estimate of drug-likeness (QED) is 0.0906. The van der Waals surface area contributed by atoms with Gasteiger partial charge in [0.05, 0.1) is 20.8 Å². The second kappa shape index (κ2) is 16.0.